The Morgan fingerprint density at radius 1 is 1.11 bits per heavy atom. The fourth-order valence-electron chi connectivity index (χ4n) is 2.62. The van der Waals surface area contributed by atoms with Gasteiger partial charge in [-0.2, -0.15) is 0 Å². The third kappa shape index (κ3) is 7.25. The first-order chi connectivity index (χ1) is 9.30. The zero-order valence-corrected chi connectivity index (χ0v) is 13.0. The summed E-state index contributed by atoms with van der Waals surface area (Å²) in [5, 5.41) is 3.56. The van der Waals surface area contributed by atoms with E-state index in [0.29, 0.717) is 0 Å². The first-order valence-corrected chi connectivity index (χ1v) is 7.96. The molecule has 0 bridgehead atoms. The second kappa shape index (κ2) is 10.6. The quantitative estimate of drug-likeness (QED) is 0.488. The molecule has 0 radical (unpaired) electrons. The number of piperidine rings is 1. The highest BCUT2D eigenvalue weighted by atomic mass is 16.7. The number of rotatable bonds is 10. The van der Waals surface area contributed by atoms with Crippen LogP contribution in [-0.4, -0.2) is 57.1 Å². The van der Waals surface area contributed by atoms with Gasteiger partial charge >= 0.3 is 0 Å². The largest absolute Gasteiger partial charge is 0.353 e. The van der Waals surface area contributed by atoms with E-state index in [9.17, 15) is 0 Å². The molecule has 0 aromatic heterocycles. The molecule has 1 heterocycles. The van der Waals surface area contributed by atoms with Crippen molar-refractivity contribution in [2.24, 2.45) is 5.92 Å². The third-order valence-electron chi connectivity index (χ3n) is 3.85. The van der Waals surface area contributed by atoms with E-state index >= 15 is 0 Å². The summed E-state index contributed by atoms with van der Waals surface area (Å²) < 4.78 is 11.1. The molecular formula is C15H32N2O2. The van der Waals surface area contributed by atoms with Gasteiger partial charge in [0.05, 0.1) is 0 Å². The Kier molecular flexibility index (Phi) is 9.43. The fourth-order valence-corrected chi connectivity index (χ4v) is 2.62. The van der Waals surface area contributed by atoms with Gasteiger partial charge in [-0.05, 0) is 65.3 Å². The number of ether oxygens (including phenoxy) is 2. The SMILES string of the molecule is CCOC(CCNCC1CCN(CC)CC1)OCC. The van der Waals surface area contributed by atoms with E-state index in [-0.39, 0.29) is 6.29 Å². The highest BCUT2D eigenvalue weighted by Crippen LogP contribution is 2.15. The summed E-state index contributed by atoms with van der Waals surface area (Å²) in [5.74, 6) is 0.848. The lowest BCUT2D eigenvalue weighted by atomic mass is 9.97. The van der Waals surface area contributed by atoms with Gasteiger partial charge in [-0.3, -0.25) is 0 Å². The lowest BCUT2D eigenvalue weighted by Gasteiger charge is -2.31. The lowest BCUT2D eigenvalue weighted by molar-refractivity contribution is -0.138. The van der Waals surface area contributed by atoms with Crippen molar-refractivity contribution in [3.63, 3.8) is 0 Å². The van der Waals surface area contributed by atoms with Crippen LogP contribution in [0.3, 0.4) is 0 Å². The van der Waals surface area contributed by atoms with Gasteiger partial charge < -0.3 is 19.7 Å². The Morgan fingerprint density at radius 3 is 2.26 bits per heavy atom. The minimum absolute atomic E-state index is 0.0376. The van der Waals surface area contributed by atoms with Crippen LogP contribution >= 0.6 is 0 Å². The van der Waals surface area contributed by atoms with E-state index in [2.05, 4.69) is 17.1 Å². The summed E-state index contributed by atoms with van der Waals surface area (Å²) in [6.07, 6.45) is 3.57. The van der Waals surface area contributed by atoms with Crippen molar-refractivity contribution in [2.75, 3.05) is 45.9 Å². The topological polar surface area (TPSA) is 33.7 Å². The zero-order chi connectivity index (χ0) is 13.9. The first kappa shape index (κ1) is 16.9. The van der Waals surface area contributed by atoms with Crippen molar-refractivity contribution in [2.45, 2.75) is 46.3 Å². The second-order valence-electron chi connectivity index (χ2n) is 5.21. The minimum Gasteiger partial charge on any atom is -0.353 e. The molecule has 0 saturated carbocycles. The Labute approximate surface area is 118 Å². The summed E-state index contributed by atoms with van der Waals surface area (Å²) in [4.78, 5) is 2.54. The molecule has 4 nitrogen and oxygen atoms in total. The van der Waals surface area contributed by atoms with E-state index < -0.39 is 0 Å². The Hall–Kier alpha value is -0.160. The van der Waals surface area contributed by atoms with Crippen molar-refractivity contribution in [3.8, 4) is 0 Å². The van der Waals surface area contributed by atoms with Crippen LogP contribution in [0.4, 0.5) is 0 Å². The van der Waals surface area contributed by atoms with Gasteiger partial charge in [0, 0.05) is 19.6 Å². The average molecular weight is 272 g/mol. The number of nitrogens with zero attached hydrogens (tertiary/aromatic N) is 1. The van der Waals surface area contributed by atoms with Crippen LogP contribution in [0.5, 0.6) is 0 Å². The fraction of sp³-hybridized carbons (Fsp3) is 1.00. The van der Waals surface area contributed by atoms with Crippen LogP contribution in [0.15, 0.2) is 0 Å². The molecule has 114 valence electrons. The number of nitrogens with one attached hydrogen (secondary N) is 1. The number of hydrogen-bond acceptors (Lipinski definition) is 4. The lowest BCUT2D eigenvalue weighted by Crippen LogP contribution is -2.37. The molecule has 1 aliphatic heterocycles. The smallest absolute Gasteiger partial charge is 0.158 e. The van der Waals surface area contributed by atoms with Crippen molar-refractivity contribution in [1.82, 2.24) is 10.2 Å². The highest BCUT2D eigenvalue weighted by Gasteiger charge is 2.17. The normalized spacial score (nSPS) is 18.3. The van der Waals surface area contributed by atoms with Crippen LogP contribution in [-0.2, 0) is 9.47 Å². The number of hydrogen-bond donors (Lipinski definition) is 1. The molecular weight excluding hydrogens is 240 g/mol. The van der Waals surface area contributed by atoms with Crippen LogP contribution in [0, 0.1) is 5.92 Å². The number of likely N-dealkylation sites (tertiary alicyclic amines) is 1. The molecule has 0 amide bonds. The molecule has 19 heavy (non-hydrogen) atoms. The minimum atomic E-state index is -0.0376. The maximum atomic E-state index is 5.53. The predicted molar refractivity (Wildman–Crippen MR) is 79.4 cm³/mol. The van der Waals surface area contributed by atoms with Crippen LogP contribution in [0.25, 0.3) is 0 Å². The molecule has 0 atom stereocenters. The van der Waals surface area contributed by atoms with E-state index in [0.717, 1.165) is 38.6 Å². The molecule has 1 fully saturated rings. The standard InChI is InChI=1S/C15H32N2O2/c1-4-17-11-8-14(9-12-17)13-16-10-7-15(18-5-2)19-6-3/h14-16H,4-13H2,1-3H3. The summed E-state index contributed by atoms with van der Waals surface area (Å²) >= 11 is 0. The van der Waals surface area contributed by atoms with Gasteiger partial charge in [0.2, 0.25) is 0 Å². The first-order valence-electron chi connectivity index (χ1n) is 7.96. The molecule has 0 spiro atoms. The van der Waals surface area contributed by atoms with Gasteiger partial charge in [-0.25, -0.2) is 0 Å². The molecule has 1 aliphatic rings. The van der Waals surface area contributed by atoms with Crippen LogP contribution in [0.2, 0.25) is 0 Å². The molecule has 0 unspecified atom stereocenters. The van der Waals surface area contributed by atoms with E-state index in [1.807, 2.05) is 13.8 Å². The summed E-state index contributed by atoms with van der Waals surface area (Å²) in [5.41, 5.74) is 0. The third-order valence-corrected chi connectivity index (χ3v) is 3.85. The van der Waals surface area contributed by atoms with Crippen molar-refractivity contribution in [3.05, 3.63) is 0 Å². The van der Waals surface area contributed by atoms with Gasteiger partial charge in [0.15, 0.2) is 6.29 Å². The molecule has 4 heteroatoms. The van der Waals surface area contributed by atoms with Gasteiger partial charge in [0.1, 0.15) is 0 Å². The molecule has 1 N–H and O–H groups in total. The van der Waals surface area contributed by atoms with Crippen LogP contribution in [0.1, 0.15) is 40.0 Å². The monoisotopic (exact) mass is 272 g/mol. The Balaban J connectivity index is 2.03. The Morgan fingerprint density at radius 2 is 1.74 bits per heavy atom. The van der Waals surface area contributed by atoms with Gasteiger partial charge in [0.25, 0.3) is 0 Å². The molecule has 0 aliphatic carbocycles. The summed E-state index contributed by atoms with van der Waals surface area (Å²) in [6, 6.07) is 0. The van der Waals surface area contributed by atoms with E-state index in [1.165, 1.54) is 32.5 Å². The van der Waals surface area contributed by atoms with Crippen molar-refractivity contribution < 1.29 is 9.47 Å². The van der Waals surface area contributed by atoms with Crippen LogP contribution < -0.4 is 5.32 Å². The van der Waals surface area contributed by atoms with Gasteiger partial charge in [-0.15, -0.1) is 0 Å². The molecule has 0 aromatic rings. The highest BCUT2D eigenvalue weighted by molar-refractivity contribution is 4.73. The molecule has 1 rings (SSSR count). The predicted octanol–water partition coefficient (Wildman–Crippen LogP) is 2.10. The van der Waals surface area contributed by atoms with Crippen molar-refractivity contribution in [1.29, 1.82) is 0 Å². The second-order valence-corrected chi connectivity index (χ2v) is 5.21. The average Bonchev–Trinajstić information content (AvgIpc) is 2.44. The maximum absolute atomic E-state index is 5.53. The Bertz CT molecular complexity index is 200. The summed E-state index contributed by atoms with van der Waals surface area (Å²) in [6.45, 7) is 13.6. The maximum Gasteiger partial charge on any atom is 0.158 e. The summed E-state index contributed by atoms with van der Waals surface area (Å²) in [7, 11) is 0. The molecule has 1 saturated heterocycles. The molecule has 0 aromatic carbocycles. The van der Waals surface area contributed by atoms with Gasteiger partial charge in [-0.1, -0.05) is 6.92 Å². The zero-order valence-electron chi connectivity index (χ0n) is 13.0. The van der Waals surface area contributed by atoms with E-state index in [4.69, 9.17) is 9.47 Å². The van der Waals surface area contributed by atoms with E-state index in [1.54, 1.807) is 0 Å². The van der Waals surface area contributed by atoms with Crippen molar-refractivity contribution >= 4 is 0 Å².